The van der Waals surface area contributed by atoms with Crippen LogP contribution in [-0.2, 0) is 27.9 Å². The van der Waals surface area contributed by atoms with Crippen LogP contribution in [0.25, 0.3) is 12.2 Å². The maximum Gasteiger partial charge on any atom is 0.336 e. The molecule has 0 saturated heterocycles. The monoisotopic (exact) mass is 600 g/mol. The van der Waals surface area contributed by atoms with Gasteiger partial charge in [0.2, 0.25) is 0 Å². The van der Waals surface area contributed by atoms with Crippen molar-refractivity contribution in [2.45, 2.75) is 31.1 Å². The molecule has 0 fully saturated rings. The molecule has 0 saturated carbocycles. The van der Waals surface area contributed by atoms with Crippen molar-refractivity contribution in [3.8, 4) is 11.5 Å². The number of rotatable bonds is 10. The molecule has 0 bridgehead atoms. The first-order valence-electron chi connectivity index (χ1n) is 15.5. The van der Waals surface area contributed by atoms with Crippen molar-refractivity contribution >= 4 is 29.5 Å². The number of esters is 1. The standard InChI is InChI=1S/C39H40N2O4/c1-40(2)32-18-13-28(14-19-32)8-7-27-43-45-35-12-6-10-31-24-26-39(38(31)35)25-23-30-9-5-11-34(37(30)39)44-36(42)22-17-29-15-20-33(21-16-29)41(3)4/h5-22H,23-27H2,1-4H3. The number of hydrogen-bond acceptors (Lipinski definition) is 6. The summed E-state index contributed by atoms with van der Waals surface area (Å²) >= 11 is 0. The number of carbonyl (C=O) groups excluding carboxylic acids is 1. The van der Waals surface area contributed by atoms with Crippen LogP contribution in [0.4, 0.5) is 11.4 Å². The normalized spacial score (nSPS) is 16.7. The molecule has 1 unspecified atom stereocenters. The van der Waals surface area contributed by atoms with Crippen molar-refractivity contribution in [3.05, 3.63) is 130 Å². The lowest BCUT2D eigenvalue weighted by atomic mass is 9.76. The zero-order chi connectivity index (χ0) is 31.4. The van der Waals surface area contributed by atoms with Gasteiger partial charge in [0.25, 0.3) is 0 Å². The second-order valence-electron chi connectivity index (χ2n) is 12.2. The van der Waals surface area contributed by atoms with Crippen LogP contribution in [0.5, 0.6) is 11.5 Å². The van der Waals surface area contributed by atoms with E-state index in [0.717, 1.165) is 65.1 Å². The van der Waals surface area contributed by atoms with Gasteiger partial charge in [-0.1, -0.05) is 60.7 Å². The summed E-state index contributed by atoms with van der Waals surface area (Å²) in [5.74, 6) is 0.953. The van der Waals surface area contributed by atoms with Gasteiger partial charge in [0, 0.05) is 62.2 Å². The van der Waals surface area contributed by atoms with E-state index in [9.17, 15) is 4.79 Å². The zero-order valence-electron chi connectivity index (χ0n) is 26.5. The molecule has 0 aliphatic heterocycles. The summed E-state index contributed by atoms with van der Waals surface area (Å²) in [6.07, 6.45) is 11.0. The summed E-state index contributed by atoms with van der Waals surface area (Å²) in [4.78, 5) is 28.9. The fourth-order valence-electron chi connectivity index (χ4n) is 6.65. The van der Waals surface area contributed by atoms with Crippen LogP contribution in [0.3, 0.4) is 0 Å². The Morgan fingerprint density at radius 1 is 0.711 bits per heavy atom. The summed E-state index contributed by atoms with van der Waals surface area (Å²) in [6.45, 7) is 0.315. The molecule has 45 heavy (non-hydrogen) atoms. The molecule has 6 nitrogen and oxygen atoms in total. The topological polar surface area (TPSA) is 51.2 Å². The van der Waals surface area contributed by atoms with Crippen LogP contribution in [0.1, 0.15) is 46.2 Å². The molecule has 1 spiro atoms. The van der Waals surface area contributed by atoms with E-state index in [2.05, 4.69) is 41.3 Å². The van der Waals surface area contributed by atoms with Crippen molar-refractivity contribution in [2.75, 3.05) is 44.6 Å². The van der Waals surface area contributed by atoms with Gasteiger partial charge >= 0.3 is 5.97 Å². The number of aryl methyl sites for hydroxylation is 2. The van der Waals surface area contributed by atoms with Crippen LogP contribution in [0.2, 0.25) is 0 Å². The number of hydrogen-bond donors (Lipinski definition) is 0. The van der Waals surface area contributed by atoms with Gasteiger partial charge in [0.05, 0.1) is 0 Å². The Balaban J connectivity index is 1.18. The Labute approximate surface area is 266 Å². The van der Waals surface area contributed by atoms with E-state index < -0.39 is 5.97 Å². The highest BCUT2D eigenvalue weighted by molar-refractivity contribution is 5.89. The molecule has 0 radical (unpaired) electrons. The van der Waals surface area contributed by atoms with Crippen molar-refractivity contribution in [1.29, 1.82) is 0 Å². The third-order valence-electron chi connectivity index (χ3n) is 8.89. The summed E-state index contributed by atoms with van der Waals surface area (Å²) < 4.78 is 6.04. The van der Waals surface area contributed by atoms with Crippen LogP contribution in [0.15, 0.2) is 97.1 Å². The Morgan fingerprint density at radius 2 is 1.24 bits per heavy atom. The molecule has 4 aromatic rings. The molecule has 1 atom stereocenters. The largest absolute Gasteiger partial charge is 0.423 e. The van der Waals surface area contributed by atoms with Crippen molar-refractivity contribution in [1.82, 2.24) is 0 Å². The summed E-state index contributed by atoms with van der Waals surface area (Å²) in [5, 5.41) is 0. The minimum absolute atomic E-state index is 0.294. The highest BCUT2D eigenvalue weighted by atomic mass is 17.2. The van der Waals surface area contributed by atoms with Gasteiger partial charge < -0.3 is 19.4 Å². The summed E-state index contributed by atoms with van der Waals surface area (Å²) in [7, 11) is 8.07. The first kappa shape index (κ1) is 30.2. The lowest BCUT2D eigenvalue weighted by Gasteiger charge is -2.29. The molecule has 230 valence electrons. The minimum atomic E-state index is -0.392. The van der Waals surface area contributed by atoms with Crippen LogP contribution >= 0.6 is 0 Å². The molecule has 4 aromatic carbocycles. The van der Waals surface area contributed by atoms with E-state index in [-0.39, 0.29) is 5.41 Å². The molecule has 6 heteroatoms. The number of nitrogens with zero attached hydrogens (tertiary/aromatic N) is 2. The minimum Gasteiger partial charge on any atom is -0.423 e. The third-order valence-corrected chi connectivity index (χ3v) is 8.89. The van der Waals surface area contributed by atoms with Crippen LogP contribution in [0, 0.1) is 0 Å². The molecule has 0 N–H and O–H groups in total. The van der Waals surface area contributed by atoms with Crippen molar-refractivity contribution in [3.63, 3.8) is 0 Å². The fraction of sp³-hybridized carbons (Fsp3) is 0.256. The van der Waals surface area contributed by atoms with E-state index >= 15 is 0 Å². The lowest BCUT2D eigenvalue weighted by molar-refractivity contribution is -0.196. The number of benzene rings is 4. The maximum atomic E-state index is 13.1. The molecule has 6 rings (SSSR count). The lowest BCUT2D eigenvalue weighted by Crippen LogP contribution is -2.24. The molecule has 0 heterocycles. The van der Waals surface area contributed by atoms with E-state index in [1.807, 2.05) is 93.8 Å². The molecule has 0 amide bonds. The fourth-order valence-corrected chi connectivity index (χ4v) is 6.65. The number of ether oxygens (including phenoxy) is 1. The SMILES string of the molecule is CN(C)c1ccc(C=CCOOc2cccc3c2C2(CC3)CCc3cccc(OC(=O)C=Cc4ccc(N(C)C)cc4)c32)cc1. The first-order valence-corrected chi connectivity index (χ1v) is 15.5. The molecular formula is C39H40N2O4. The second kappa shape index (κ2) is 13.0. The predicted octanol–water partition coefficient (Wildman–Crippen LogP) is 7.64. The third kappa shape index (κ3) is 6.38. The van der Waals surface area contributed by atoms with Crippen molar-refractivity contribution in [2.24, 2.45) is 0 Å². The van der Waals surface area contributed by atoms with Gasteiger partial charge in [-0.25, -0.2) is 4.79 Å². The van der Waals surface area contributed by atoms with E-state index in [1.165, 1.54) is 17.2 Å². The average Bonchev–Trinajstić information content (AvgIpc) is 3.62. The van der Waals surface area contributed by atoms with Gasteiger partial charge in [-0.2, -0.15) is 4.89 Å². The summed E-state index contributed by atoms with van der Waals surface area (Å²) in [6, 6.07) is 28.6. The highest BCUT2D eigenvalue weighted by Gasteiger charge is 2.48. The number of anilines is 2. The Morgan fingerprint density at radius 3 is 1.82 bits per heavy atom. The smallest absolute Gasteiger partial charge is 0.336 e. The van der Waals surface area contributed by atoms with Gasteiger partial charge in [-0.15, -0.1) is 0 Å². The quantitative estimate of drug-likeness (QED) is 0.0466. The Kier molecular flexibility index (Phi) is 8.76. The molecule has 2 aliphatic rings. The van der Waals surface area contributed by atoms with E-state index in [4.69, 9.17) is 14.5 Å². The van der Waals surface area contributed by atoms with Gasteiger partial charge in [-0.3, -0.25) is 0 Å². The van der Waals surface area contributed by atoms with Gasteiger partial charge in [0.1, 0.15) is 12.4 Å². The van der Waals surface area contributed by atoms with E-state index in [1.54, 1.807) is 6.08 Å². The maximum absolute atomic E-state index is 13.1. The van der Waals surface area contributed by atoms with Gasteiger partial charge in [0.15, 0.2) is 5.75 Å². The second-order valence-corrected chi connectivity index (χ2v) is 12.2. The van der Waals surface area contributed by atoms with Gasteiger partial charge in [-0.05, 0) is 90.4 Å². The Hall–Kier alpha value is -4.81. The van der Waals surface area contributed by atoms with Crippen LogP contribution in [-0.4, -0.2) is 40.8 Å². The number of fused-ring (bicyclic) bond motifs is 4. The highest BCUT2D eigenvalue weighted by Crippen LogP contribution is 2.57. The summed E-state index contributed by atoms with van der Waals surface area (Å²) in [5.41, 5.74) is 8.72. The molecule has 0 aromatic heterocycles. The number of carbonyl (C=O) groups is 1. The molecular weight excluding hydrogens is 560 g/mol. The van der Waals surface area contributed by atoms with Crippen LogP contribution < -0.4 is 19.4 Å². The Bertz CT molecular complexity index is 1720. The average molecular weight is 601 g/mol. The molecule has 2 aliphatic carbocycles. The van der Waals surface area contributed by atoms with E-state index in [0.29, 0.717) is 12.4 Å². The zero-order valence-corrected chi connectivity index (χ0v) is 26.5. The predicted molar refractivity (Wildman–Crippen MR) is 182 cm³/mol. The first-order chi connectivity index (χ1) is 21.8. The van der Waals surface area contributed by atoms with Crippen molar-refractivity contribution < 1.29 is 19.3 Å².